The van der Waals surface area contributed by atoms with Crippen molar-refractivity contribution in [3.63, 3.8) is 0 Å². The lowest BCUT2D eigenvalue weighted by molar-refractivity contribution is -0.188. The second-order valence-electron chi connectivity index (χ2n) is 7.11. The van der Waals surface area contributed by atoms with Gasteiger partial charge in [-0.15, -0.1) is 0 Å². The van der Waals surface area contributed by atoms with Gasteiger partial charge in [-0.3, -0.25) is 4.79 Å². The van der Waals surface area contributed by atoms with Crippen LogP contribution >= 0.6 is 0 Å². The molecule has 0 unspecified atom stereocenters. The van der Waals surface area contributed by atoms with E-state index in [9.17, 15) is 26.4 Å². The third-order valence-electron chi connectivity index (χ3n) is 5.28. The molecule has 0 aliphatic carbocycles. The van der Waals surface area contributed by atoms with Crippen LogP contribution in [0.15, 0.2) is 35.2 Å². The summed E-state index contributed by atoms with van der Waals surface area (Å²) < 4.78 is 66.3. The molecule has 2 aliphatic rings. The van der Waals surface area contributed by atoms with E-state index in [1.807, 2.05) is 0 Å². The molecule has 0 radical (unpaired) electrons. The maximum Gasteiger partial charge on any atom is 0.393 e. The number of carbonyl (C=O) groups excluding carboxylic acids is 1. The van der Waals surface area contributed by atoms with E-state index >= 15 is 0 Å². The third-order valence-corrected chi connectivity index (χ3v) is 7.21. The number of piperidine rings is 2. The van der Waals surface area contributed by atoms with Gasteiger partial charge < -0.3 is 4.90 Å². The van der Waals surface area contributed by atoms with Crippen LogP contribution in [0.1, 0.15) is 32.1 Å². The number of halogens is 3. The van der Waals surface area contributed by atoms with Crippen LogP contribution < -0.4 is 0 Å². The first-order chi connectivity index (χ1) is 12.7. The topological polar surface area (TPSA) is 57.7 Å². The maximum atomic E-state index is 13.1. The van der Waals surface area contributed by atoms with Crippen LogP contribution in [0.4, 0.5) is 13.2 Å². The van der Waals surface area contributed by atoms with Crippen molar-refractivity contribution in [1.29, 1.82) is 0 Å². The van der Waals surface area contributed by atoms with Gasteiger partial charge in [-0.2, -0.15) is 17.5 Å². The van der Waals surface area contributed by atoms with E-state index in [4.69, 9.17) is 0 Å². The SMILES string of the molecule is O=C([C@H]1CCCCN1S(=O)(=O)c1ccccc1)N1CCC[C@@H](C(F)(F)F)C1. The quantitative estimate of drug-likeness (QED) is 0.778. The number of carbonyl (C=O) groups is 1. The summed E-state index contributed by atoms with van der Waals surface area (Å²) in [6, 6.07) is 6.90. The van der Waals surface area contributed by atoms with Crippen molar-refractivity contribution < 1.29 is 26.4 Å². The van der Waals surface area contributed by atoms with Gasteiger partial charge in [-0.1, -0.05) is 24.6 Å². The van der Waals surface area contributed by atoms with E-state index < -0.39 is 40.6 Å². The summed E-state index contributed by atoms with van der Waals surface area (Å²) in [7, 11) is -3.87. The van der Waals surface area contributed by atoms with Gasteiger partial charge in [0.2, 0.25) is 15.9 Å². The Labute approximate surface area is 157 Å². The Morgan fingerprint density at radius 1 is 1.00 bits per heavy atom. The number of nitrogens with zero attached hydrogens (tertiary/aromatic N) is 2. The Bertz CT molecular complexity index is 768. The van der Waals surface area contributed by atoms with Crippen molar-refractivity contribution in [3.05, 3.63) is 30.3 Å². The van der Waals surface area contributed by atoms with Gasteiger partial charge >= 0.3 is 6.18 Å². The summed E-state index contributed by atoms with van der Waals surface area (Å²) in [6.07, 6.45) is -2.44. The fraction of sp³-hybridized carbons (Fsp3) is 0.611. The summed E-state index contributed by atoms with van der Waals surface area (Å²) in [4.78, 5) is 14.3. The highest BCUT2D eigenvalue weighted by atomic mass is 32.2. The lowest BCUT2D eigenvalue weighted by Crippen LogP contribution is -2.55. The van der Waals surface area contributed by atoms with Crippen LogP contribution in [0, 0.1) is 5.92 Å². The van der Waals surface area contributed by atoms with E-state index in [2.05, 4.69) is 0 Å². The van der Waals surface area contributed by atoms with Crippen molar-refractivity contribution in [2.45, 2.75) is 49.2 Å². The highest BCUT2D eigenvalue weighted by Gasteiger charge is 2.45. The Balaban J connectivity index is 1.82. The van der Waals surface area contributed by atoms with E-state index in [1.165, 1.54) is 21.3 Å². The predicted molar refractivity (Wildman–Crippen MR) is 93.3 cm³/mol. The molecule has 3 rings (SSSR count). The van der Waals surface area contributed by atoms with Gasteiger partial charge in [0, 0.05) is 19.6 Å². The number of hydrogen-bond donors (Lipinski definition) is 0. The Morgan fingerprint density at radius 2 is 1.70 bits per heavy atom. The van der Waals surface area contributed by atoms with Crippen LogP contribution in [-0.4, -0.2) is 55.4 Å². The lowest BCUT2D eigenvalue weighted by atomic mass is 9.95. The number of hydrogen-bond acceptors (Lipinski definition) is 3. The lowest BCUT2D eigenvalue weighted by Gasteiger charge is -2.40. The third kappa shape index (κ3) is 4.29. The number of sulfonamides is 1. The number of rotatable bonds is 3. The van der Waals surface area contributed by atoms with Crippen LogP contribution in [0.25, 0.3) is 0 Å². The molecule has 1 aromatic carbocycles. The van der Waals surface area contributed by atoms with E-state index in [-0.39, 0.29) is 30.8 Å². The summed E-state index contributed by atoms with van der Waals surface area (Å²) in [6.45, 7) is 0.0450. The molecule has 0 aromatic heterocycles. The van der Waals surface area contributed by atoms with Gasteiger partial charge in [0.05, 0.1) is 10.8 Å². The van der Waals surface area contributed by atoms with Crippen LogP contribution in [0.5, 0.6) is 0 Å². The summed E-state index contributed by atoms with van der Waals surface area (Å²) in [5.74, 6) is -2.05. The van der Waals surface area contributed by atoms with E-state index in [1.54, 1.807) is 18.2 Å². The average molecular weight is 404 g/mol. The molecule has 0 saturated carbocycles. The molecular formula is C18H23F3N2O3S. The minimum absolute atomic E-state index is 0.00394. The smallest absolute Gasteiger partial charge is 0.341 e. The standard InChI is InChI=1S/C18H23F3N2O3S/c19-18(20,21)14-7-6-11-22(13-14)17(24)16-10-4-5-12-23(16)27(25,26)15-8-2-1-3-9-15/h1-3,8-9,14,16H,4-7,10-13H2/t14-,16-/m1/s1. The maximum absolute atomic E-state index is 13.1. The summed E-state index contributed by atoms with van der Waals surface area (Å²) in [5.41, 5.74) is 0. The first-order valence-corrected chi connectivity index (χ1v) is 10.6. The van der Waals surface area contributed by atoms with Gasteiger partial charge in [-0.05, 0) is 37.8 Å². The molecule has 5 nitrogen and oxygen atoms in total. The van der Waals surface area contributed by atoms with Crippen molar-refractivity contribution in [2.24, 2.45) is 5.92 Å². The van der Waals surface area contributed by atoms with Crippen LogP contribution in [-0.2, 0) is 14.8 Å². The van der Waals surface area contributed by atoms with Gasteiger partial charge in [-0.25, -0.2) is 8.42 Å². The van der Waals surface area contributed by atoms with E-state index in [0.29, 0.717) is 19.3 Å². The van der Waals surface area contributed by atoms with Crippen LogP contribution in [0.2, 0.25) is 0 Å². The first-order valence-electron chi connectivity index (χ1n) is 9.13. The fourth-order valence-corrected chi connectivity index (χ4v) is 5.49. The zero-order valence-corrected chi connectivity index (χ0v) is 15.7. The van der Waals surface area contributed by atoms with Gasteiger partial charge in [0.15, 0.2) is 0 Å². The van der Waals surface area contributed by atoms with Crippen LogP contribution in [0.3, 0.4) is 0 Å². The molecule has 2 aliphatic heterocycles. The molecule has 0 bridgehead atoms. The molecule has 2 atom stereocenters. The molecule has 1 amide bonds. The summed E-state index contributed by atoms with van der Waals surface area (Å²) in [5, 5.41) is 0. The average Bonchev–Trinajstić information content (AvgIpc) is 2.67. The molecule has 9 heteroatoms. The number of amides is 1. The molecule has 2 fully saturated rings. The Morgan fingerprint density at radius 3 is 2.37 bits per heavy atom. The van der Waals surface area contributed by atoms with Crippen molar-refractivity contribution in [3.8, 4) is 0 Å². The van der Waals surface area contributed by atoms with Crippen molar-refractivity contribution in [2.75, 3.05) is 19.6 Å². The number of benzene rings is 1. The first kappa shape index (κ1) is 20.1. The molecule has 27 heavy (non-hydrogen) atoms. The zero-order valence-electron chi connectivity index (χ0n) is 14.9. The fourth-order valence-electron chi connectivity index (χ4n) is 3.82. The Kier molecular flexibility index (Phi) is 5.81. The monoisotopic (exact) mass is 404 g/mol. The second-order valence-corrected chi connectivity index (χ2v) is 9.00. The molecule has 150 valence electrons. The minimum atomic E-state index is -4.35. The molecular weight excluding hydrogens is 381 g/mol. The predicted octanol–water partition coefficient (Wildman–Crippen LogP) is 3.03. The second kappa shape index (κ2) is 7.79. The van der Waals surface area contributed by atoms with Gasteiger partial charge in [0.1, 0.15) is 6.04 Å². The molecule has 0 spiro atoms. The Hall–Kier alpha value is -1.61. The highest BCUT2D eigenvalue weighted by Crippen LogP contribution is 2.34. The largest absolute Gasteiger partial charge is 0.393 e. The number of alkyl halides is 3. The summed E-state index contributed by atoms with van der Waals surface area (Å²) >= 11 is 0. The normalized spacial score (nSPS) is 25.4. The minimum Gasteiger partial charge on any atom is -0.341 e. The van der Waals surface area contributed by atoms with Crippen molar-refractivity contribution in [1.82, 2.24) is 9.21 Å². The van der Waals surface area contributed by atoms with Crippen molar-refractivity contribution >= 4 is 15.9 Å². The molecule has 1 aromatic rings. The molecule has 0 N–H and O–H groups in total. The highest BCUT2D eigenvalue weighted by molar-refractivity contribution is 7.89. The molecule has 2 heterocycles. The van der Waals surface area contributed by atoms with E-state index in [0.717, 1.165) is 0 Å². The molecule has 2 saturated heterocycles. The van der Waals surface area contributed by atoms with Gasteiger partial charge in [0.25, 0.3) is 0 Å². The zero-order chi connectivity index (χ0) is 19.7. The number of likely N-dealkylation sites (tertiary alicyclic amines) is 1.